The Bertz CT molecular complexity index is 331. The molecule has 0 unspecified atom stereocenters. The molecule has 0 aliphatic carbocycles. The fraction of sp³-hybridized carbons (Fsp3) is 0.636. The van der Waals surface area contributed by atoms with Crippen LogP contribution in [0, 0.1) is 5.41 Å². The van der Waals surface area contributed by atoms with Crippen LogP contribution in [0.5, 0.6) is 0 Å². The molecule has 0 aromatic rings. The van der Waals surface area contributed by atoms with E-state index in [9.17, 15) is 9.59 Å². The van der Waals surface area contributed by atoms with Gasteiger partial charge in [-0.25, -0.2) is 0 Å². The molecule has 0 atom stereocenters. The number of allylic oxidation sites excluding steroid dienone is 1. The predicted molar refractivity (Wildman–Crippen MR) is 64.0 cm³/mol. The number of carbonyl (C=O) groups is 2. The SMILES string of the molecule is CC(C)(C)C1=CSCC(=O)N1CCC(=O)O. The van der Waals surface area contributed by atoms with Crippen LogP contribution >= 0.6 is 11.8 Å². The van der Waals surface area contributed by atoms with E-state index < -0.39 is 5.97 Å². The van der Waals surface area contributed by atoms with E-state index >= 15 is 0 Å². The van der Waals surface area contributed by atoms with Crippen molar-refractivity contribution in [1.29, 1.82) is 0 Å². The summed E-state index contributed by atoms with van der Waals surface area (Å²) in [4.78, 5) is 23.9. The van der Waals surface area contributed by atoms with Crippen molar-refractivity contribution in [2.75, 3.05) is 12.3 Å². The first-order valence-electron chi connectivity index (χ1n) is 5.17. The van der Waals surface area contributed by atoms with E-state index in [1.54, 1.807) is 4.90 Å². The minimum absolute atomic E-state index is 0.00123. The van der Waals surface area contributed by atoms with Gasteiger partial charge in [-0.2, -0.15) is 0 Å². The Balaban J connectivity index is 2.83. The number of amides is 1. The van der Waals surface area contributed by atoms with E-state index in [0.29, 0.717) is 5.75 Å². The number of carboxylic acids is 1. The molecule has 1 aliphatic heterocycles. The largest absolute Gasteiger partial charge is 0.481 e. The molecular weight excluding hydrogens is 226 g/mol. The smallest absolute Gasteiger partial charge is 0.305 e. The molecule has 0 aromatic carbocycles. The minimum Gasteiger partial charge on any atom is -0.481 e. The second kappa shape index (κ2) is 4.91. The van der Waals surface area contributed by atoms with Gasteiger partial charge in [0.1, 0.15) is 0 Å². The molecular formula is C11H17NO3S. The molecule has 16 heavy (non-hydrogen) atoms. The van der Waals surface area contributed by atoms with Gasteiger partial charge in [-0.05, 0) is 5.41 Å². The Morgan fingerprint density at radius 3 is 2.69 bits per heavy atom. The molecule has 1 heterocycles. The summed E-state index contributed by atoms with van der Waals surface area (Å²) in [7, 11) is 0. The normalized spacial score (nSPS) is 17.3. The van der Waals surface area contributed by atoms with Crippen molar-refractivity contribution in [1.82, 2.24) is 4.90 Å². The zero-order valence-corrected chi connectivity index (χ0v) is 10.6. The van der Waals surface area contributed by atoms with Gasteiger partial charge in [-0.1, -0.05) is 20.8 Å². The number of hydrogen-bond acceptors (Lipinski definition) is 3. The lowest BCUT2D eigenvalue weighted by atomic mass is 9.91. The summed E-state index contributed by atoms with van der Waals surface area (Å²) in [6.07, 6.45) is -0.0101. The predicted octanol–water partition coefficient (Wildman–Crippen LogP) is 1.92. The van der Waals surface area contributed by atoms with Gasteiger partial charge in [-0.3, -0.25) is 9.59 Å². The number of carbonyl (C=O) groups excluding carboxylic acids is 1. The highest BCUT2D eigenvalue weighted by Crippen LogP contribution is 2.33. The number of aliphatic carboxylic acids is 1. The van der Waals surface area contributed by atoms with Crippen molar-refractivity contribution in [2.24, 2.45) is 5.41 Å². The molecule has 1 N–H and O–H groups in total. The van der Waals surface area contributed by atoms with Crippen molar-refractivity contribution in [2.45, 2.75) is 27.2 Å². The van der Waals surface area contributed by atoms with Crippen LogP contribution in [0.2, 0.25) is 0 Å². The molecule has 1 aliphatic rings. The van der Waals surface area contributed by atoms with E-state index in [2.05, 4.69) is 0 Å². The molecule has 0 saturated carbocycles. The summed E-state index contributed by atoms with van der Waals surface area (Å²) in [5, 5.41) is 10.6. The summed E-state index contributed by atoms with van der Waals surface area (Å²) < 4.78 is 0. The lowest BCUT2D eigenvalue weighted by Gasteiger charge is -2.35. The fourth-order valence-corrected chi connectivity index (χ4v) is 2.52. The van der Waals surface area contributed by atoms with Crippen LogP contribution in [-0.4, -0.2) is 34.2 Å². The Morgan fingerprint density at radius 1 is 1.56 bits per heavy atom. The van der Waals surface area contributed by atoms with Crippen LogP contribution in [0.1, 0.15) is 27.2 Å². The molecule has 0 fully saturated rings. The standard InChI is InChI=1S/C11H17NO3S/c1-11(2,3)8-6-16-7-9(13)12(8)5-4-10(14)15/h6H,4-5,7H2,1-3H3,(H,14,15). The van der Waals surface area contributed by atoms with Crippen LogP contribution in [0.4, 0.5) is 0 Å². The lowest BCUT2D eigenvalue weighted by molar-refractivity contribution is -0.138. The van der Waals surface area contributed by atoms with Crippen LogP contribution in [0.25, 0.3) is 0 Å². The van der Waals surface area contributed by atoms with Gasteiger partial charge in [0.2, 0.25) is 5.91 Å². The highest BCUT2D eigenvalue weighted by molar-refractivity contribution is 8.02. The number of hydrogen-bond donors (Lipinski definition) is 1. The summed E-state index contributed by atoms with van der Waals surface area (Å²) >= 11 is 1.48. The van der Waals surface area contributed by atoms with Crippen molar-refractivity contribution >= 4 is 23.6 Å². The Kier molecular flexibility index (Phi) is 4.02. The Hall–Kier alpha value is -0.970. The molecule has 1 amide bonds. The van der Waals surface area contributed by atoms with Gasteiger partial charge < -0.3 is 10.0 Å². The molecule has 0 radical (unpaired) electrons. The first-order chi connectivity index (χ1) is 7.32. The quantitative estimate of drug-likeness (QED) is 0.822. The molecule has 5 heteroatoms. The monoisotopic (exact) mass is 243 g/mol. The Labute approximate surface area is 99.7 Å². The number of thioether (sulfide) groups is 1. The molecule has 4 nitrogen and oxygen atoms in total. The highest BCUT2D eigenvalue weighted by atomic mass is 32.2. The summed E-state index contributed by atoms with van der Waals surface area (Å²) in [5.41, 5.74) is 0.775. The maximum absolute atomic E-state index is 11.7. The number of carboxylic acid groups (broad SMARTS) is 1. The lowest BCUT2D eigenvalue weighted by Crippen LogP contribution is -2.40. The maximum atomic E-state index is 11.7. The van der Waals surface area contributed by atoms with Gasteiger partial charge in [0.15, 0.2) is 0 Å². The summed E-state index contributed by atoms with van der Waals surface area (Å²) in [5.74, 6) is -0.475. The van der Waals surface area contributed by atoms with Gasteiger partial charge in [-0.15, -0.1) is 11.8 Å². The van der Waals surface area contributed by atoms with Crippen LogP contribution in [-0.2, 0) is 9.59 Å². The fourth-order valence-electron chi connectivity index (χ4n) is 1.50. The number of nitrogens with zero attached hydrogens (tertiary/aromatic N) is 1. The van der Waals surface area contributed by atoms with Gasteiger partial charge >= 0.3 is 5.97 Å². The van der Waals surface area contributed by atoms with Gasteiger partial charge in [0.05, 0.1) is 12.2 Å². The molecule has 1 rings (SSSR count). The zero-order chi connectivity index (χ0) is 12.3. The van der Waals surface area contributed by atoms with Crippen molar-refractivity contribution in [3.05, 3.63) is 11.1 Å². The minimum atomic E-state index is -0.876. The van der Waals surface area contributed by atoms with Crippen molar-refractivity contribution in [3.8, 4) is 0 Å². The average Bonchev–Trinajstić information content (AvgIpc) is 2.13. The Morgan fingerprint density at radius 2 is 2.19 bits per heavy atom. The van der Waals surface area contributed by atoms with E-state index in [-0.39, 0.29) is 24.3 Å². The first kappa shape index (κ1) is 13.1. The second-order valence-corrected chi connectivity index (χ2v) is 5.61. The van der Waals surface area contributed by atoms with Crippen LogP contribution < -0.4 is 0 Å². The number of rotatable bonds is 3. The third kappa shape index (κ3) is 3.27. The third-order valence-electron chi connectivity index (χ3n) is 2.31. The summed E-state index contributed by atoms with van der Waals surface area (Å²) in [6.45, 7) is 6.32. The molecule has 0 spiro atoms. The van der Waals surface area contributed by atoms with E-state index in [1.165, 1.54) is 11.8 Å². The molecule has 0 saturated heterocycles. The van der Waals surface area contributed by atoms with E-state index in [1.807, 2.05) is 26.2 Å². The third-order valence-corrected chi connectivity index (χ3v) is 3.11. The van der Waals surface area contributed by atoms with Gasteiger partial charge in [0.25, 0.3) is 0 Å². The van der Waals surface area contributed by atoms with Crippen molar-refractivity contribution in [3.63, 3.8) is 0 Å². The van der Waals surface area contributed by atoms with E-state index in [0.717, 1.165) is 5.70 Å². The van der Waals surface area contributed by atoms with Crippen LogP contribution in [0.3, 0.4) is 0 Å². The zero-order valence-electron chi connectivity index (χ0n) is 9.82. The topological polar surface area (TPSA) is 57.6 Å². The average molecular weight is 243 g/mol. The molecule has 90 valence electrons. The van der Waals surface area contributed by atoms with E-state index in [4.69, 9.17) is 5.11 Å². The van der Waals surface area contributed by atoms with Gasteiger partial charge in [0, 0.05) is 17.7 Å². The second-order valence-electron chi connectivity index (χ2n) is 4.75. The van der Waals surface area contributed by atoms with Crippen LogP contribution in [0.15, 0.2) is 11.1 Å². The first-order valence-corrected chi connectivity index (χ1v) is 6.21. The maximum Gasteiger partial charge on any atom is 0.305 e. The summed E-state index contributed by atoms with van der Waals surface area (Å²) in [6, 6.07) is 0. The molecule has 0 aromatic heterocycles. The molecule has 0 bridgehead atoms. The van der Waals surface area contributed by atoms with Crippen molar-refractivity contribution < 1.29 is 14.7 Å². The highest BCUT2D eigenvalue weighted by Gasteiger charge is 2.30.